The first-order valence-corrected chi connectivity index (χ1v) is 6.21. The van der Waals surface area contributed by atoms with Gasteiger partial charge in [0.25, 0.3) is 0 Å². The second-order valence-corrected chi connectivity index (χ2v) is 4.35. The lowest BCUT2D eigenvalue weighted by Crippen LogP contribution is -2.20. The highest BCUT2D eigenvalue weighted by Crippen LogP contribution is 2.26. The zero-order chi connectivity index (χ0) is 14.4. The van der Waals surface area contributed by atoms with Gasteiger partial charge in [-0.05, 0) is 5.56 Å². The Morgan fingerprint density at radius 3 is 1.90 bits per heavy atom. The van der Waals surface area contributed by atoms with Crippen molar-refractivity contribution in [3.8, 4) is 12.1 Å². The molecule has 3 nitrogen and oxygen atoms in total. The number of rotatable bonds is 4. The molecule has 0 aromatic heterocycles. The third-order valence-electron chi connectivity index (χ3n) is 3.11. The molecule has 3 heteroatoms. The van der Waals surface area contributed by atoms with E-state index in [1.807, 2.05) is 12.1 Å². The van der Waals surface area contributed by atoms with Crippen molar-refractivity contribution in [2.24, 2.45) is 5.92 Å². The third kappa shape index (κ3) is 2.74. The van der Waals surface area contributed by atoms with Crippen LogP contribution in [0.5, 0.6) is 0 Å². The van der Waals surface area contributed by atoms with Gasteiger partial charge in [-0.2, -0.15) is 10.5 Å². The molecule has 2 atom stereocenters. The molecule has 0 fully saturated rings. The van der Waals surface area contributed by atoms with E-state index in [-0.39, 0.29) is 5.78 Å². The van der Waals surface area contributed by atoms with E-state index in [2.05, 4.69) is 6.07 Å². The van der Waals surface area contributed by atoms with Crippen molar-refractivity contribution in [1.29, 1.82) is 10.5 Å². The van der Waals surface area contributed by atoms with Crippen LogP contribution in [-0.2, 0) is 0 Å². The zero-order valence-electron chi connectivity index (χ0n) is 10.7. The smallest absolute Gasteiger partial charge is 0.181 e. The van der Waals surface area contributed by atoms with Crippen LogP contribution in [0, 0.1) is 28.6 Å². The summed E-state index contributed by atoms with van der Waals surface area (Å²) in [7, 11) is 0. The number of hydrogen-bond acceptors (Lipinski definition) is 3. The maximum atomic E-state index is 12.4. The predicted octanol–water partition coefficient (Wildman–Crippen LogP) is 3.32. The largest absolute Gasteiger partial charge is 0.293 e. The molecule has 0 spiro atoms. The van der Waals surface area contributed by atoms with Crippen LogP contribution in [0.2, 0.25) is 0 Å². The third-order valence-corrected chi connectivity index (χ3v) is 3.11. The van der Waals surface area contributed by atoms with Crippen molar-refractivity contribution in [3.63, 3.8) is 0 Å². The molecular formula is C17H12N2O. The van der Waals surface area contributed by atoms with Gasteiger partial charge in [0.1, 0.15) is 5.92 Å². The molecule has 0 heterocycles. The minimum atomic E-state index is -0.996. The summed E-state index contributed by atoms with van der Waals surface area (Å²) < 4.78 is 0. The molecule has 20 heavy (non-hydrogen) atoms. The first-order valence-electron chi connectivity index (χ1n) is 6.21. The lowest BCUT2D eigenvalue weighted by molar-refractivity contribution is 0.0942. The summed E-state index contributed by atoms with van der Waals surface area (Å²) in [5, 5.41) is 18.6. The van der Waals surface area contributed by atoms with Gasteiger partial charge < -0.3 is 0 Å². The van der Waals surface area contributed by atoms with E-state index < -0.39 is 11.8 Å². The molecule has 0 saturated carbocycles. The molecule has 96 valence electrons. The van der Waals surface area contributed by atoms with Gasteiger partial charge in [0.15, 0.2) is 5.78 Å². The van der Waals surface area contributed by atoms with Crippen molar-refractivity contribution in [2.75, 3.05) is 0 Å². The normalized spacial score (nSPS) is 12.7. The summed E-state index contributed by atoms with van der Waals surface area (Å²) in [6.45, 7) is 0. The molecule has 0 aliphatic heterocycles. The van der Waals surface area contributed by atoms with Gasteiger partial charge in [-0.15, -0.1) is 0 Å². The topological polar surface area (TPSA) is 64.7 Å². The summed E-state index contributed by atoms with van der Waals surface area (Å²) in [5.41, 5.74) is 1.14. The van der Waals surface area contributed by atoms with Crippen LogP contribution in [0.15, 0.2) is 60.7 Å². The molecule has 0 N–H and O–H groups in total. The van der Waals surface area contributed by atoms with E-state index in [4.69, 9.17) is 0 Å². The Hall–Kier alpha value is -2.91. The highest BCUT2D eigenvalue weighted by Gasteiger charge is 2.30. The maximum absolute atomic E-state index is 12.4. The van der Waals surface area contributed by atoms with Crippen LogP contribution in [0.25, 0.3) is 0 Å². The van der Waals surface area contributed by atoms with Crippen LogP contribution in [0.3, 0.4) is 0 Å². The zero-order valence-corrected chi connectivity index (χ0v) is 10.7. The van der Waals surface area contributed by atoms with Crippen molar-refractivity contribution in [2.45, 2.75) is 5.92 Å². The fourth-order valence-electron chi connectivity index (χ4n) is 2.07. The van der Waals surface area contributed by atoms with Crippen LogP contribution >= 0.6 is 0 Å². The van der Waals surface area contributed by atoms with E-state index in [0.717, 1.165) is 0 Å². The van der Waals surface area contributed by atoms with Crippen molar-refractivity contribution >= 4 is 5.78 Å². The van der Waals surface area contributed by atoms with E-state index in [1.165, 1.54) is 0 Å². The summed E-state index contributed by atoms with van der Waals surface area (Å²) in [5.74, 6) is -2.07. The summed E-state index contributed by atoms with van der Waals surface area (Å²) in [4.78, 5) is 12.4. The fourth-order valence-corrected chi connectivity index (χ4v) is 2.07. The minimum absolute atomic E-state index is 0.316. The number of hydrogen-bond donors (Lipinski definition) is 0. The molecule has 2 rings (SSSR count). The van der Waals surface area contributed by atoms with Gasteiger partial charge >= 0.3 is 0 Å². The van der Waals surface area contributed by atoms with Gasteiger partial charge in [0.05, 0.1) is 18.1 Å². The van der Waals surface area contributed by atoms with Crippen LogP contribution in [-0.4, -0.2) is 5.78 Å². The number of carbonyl (C=O) groups is 1. The number of nitriles is 2. The molecule has 0 radical (unpaired) electrons. The molecule has 0 saturated heterocycles. The minimum Gasteiger partial charge on any atom is -0.293 e. The highest BCUT2D eigenvalue weighted by molar-refractivity contribution is 6.00. The Balaban J connectivity index is 2.35. The van der Waals surface area contributed by atoms with E-state index >= 15 is 0 Å². The standard InChI is InChI=1S/C17H12N2O/c18-11-15(13-7-3-1-4-8-13)16(12-19)17(20)14-9-5-2-6-10-14/h1-10,15-16H. The van der Waals surface area contributed by atoms with Gasteiger partial charge in [-0.1, -0.05) is 60.7 Å². The molecule has 0 bridgehead atoms. The number of nitrogens with zero attached hydrogens (tertiary/aromatic N) is 2. The summed E-state index contributed by atoms with van der Waals surface area (Å²) >= 11 is 0. The number of benzene rings is 2. The first-order chi connectivity index (χ1) is 9.77. The van der Waals surface area contributed by atoms with Gasteiger partial charge in [-0.25, -0.2) is 0 Å². The van der Waals surface area contributed by atoms with Gasteiger partial charge in [-0.3, -0.25) is 4.79 Å². The predicted molar refractivity (Wildman–Crippen MR) is 74.7 cm³/mol. The van der Waals surface area contributed by atoms with E-state index in [9.17, 15) is 15.3 Å². The Bertz CT molecular complexity index is 666. The fraction of sp³-hybridized carbons (Fsp3) is 0.118. The molecule has 2 aromatic carbocycles. The van der Waals surface area contributed by atoms with E-state index in [1.54, 1.807) is 54.6 Å². The number of ketones is 1. The van der Waals surface area contributed by atoms with Crippen molar-refractivity contribution in [1.82, 2.24) is 0 Å². The Labute approximate surface area is 117 Å². The van der Waals surface area contributed by atoms with Crippen LogP contribution in [0.4, 0.5) is 0 Å². The highest BCUT2D eigenvalue weighted by atomic mass is 16.1. The number of carbonyl (C=O) groups excluding carboxylic acids is 1. The van der Waals surface area contributed by atoms with E-state index in [0.29, 0.717) is 11.1 Å². The number of Topliss-reactive ketones (excluding diaryl/α,β-unsaturated/α-hetero) is 1. The summed E-state index contributed by atoms with van der Waals surface area (Å²) in [6.07, 6.45) is 0. The average Bonchev–Trinajstić information content (AvgIpc) is 2.53. The Morgan fingerprint density at radius 1 is 0.850 bits per heavy atom. The van der Waals surface area contributed by atoms with Gasteiger partial charge in [0.2, 0.25) is 0 Å². The molecule has 0 aliphatic carbocycles. The lowest BCUT2D eigenvalue weighted by atomic mass is 9.83. The monoisotopic (exact) mass is 260 g/mol. The summed E-state index contributed by atoms with van der Waals surface area (Å²) in [6, 6.07) is 21.6. The quantitative estimate of drug-likeness (QED) is 0.792. The molecule has 2 aromatic rings. The molecule has 2 unspecified atom stereocenters. The van der Waals surface area contributed by atoms with Crippen LogP contribution in [0.1, 0.15) is 21.8 Å². The second kappa shape index (κ2) is 6.31. The van der Waals surface area contributed by atoms with Crippen molar-refractivity contribution < 1.29 is 4.79 Å². The molecule has 0 amide bonds. The Kier molecular flexibility index (Phi) is 4.27. The molecule has 0 aliphatic rings. The Morgan fingerprint density at radius 2 is 1.40 bits per heavy atom. The molecular weight excluding hydrogens is 248 g/mol. The second-order valence-electron chi connectivity index (χ2n) is 4.35. The lowest BCUT2D eigenvalue weighted by Gasteiger charge is -2.14. The SMILES string of the molecule is N#CC(C(=O)c1ccccc1)C(C#N)c1ccccc1. The maximum Gasteiger partial charge on any atom is 0.181 e. The van der Waals surface area contributed by atoms with Crippen molar-refractivity contribution in [3.05, 3.63) is 71.8 Å². The van der Waals surface area contributed by atoms with Gasteiger partial charge in [0, 0.05) is 5.56 Å². The van der Waals surface area contributed by atoms with Crippen LogP contribution < -0.4 is 0 Å². The average molecular weight is 260 g/mol. The first kappa shape index (κ1) is 13.5.